The summed E-state index contributed by atoms with van der Waals surface area (Å²) >= 11 is 0. The number of carboxylic acids is 1. The van der Waals surface area contributed by atoms with Crippen LogP contribution in [0, 0.1) is 11.8 Å². The van der Waals surface area contributed by atoms with Crippen molar-refractivity contribution < 1.29 is 19.5 Å². The van der Waals surface area contributed by atoms with Crippen LogP contribution in [-0.4, -0.2) is 65.0 Å². The highest BCUT2D eigenvalue weighted by atomic mass is 16.4. The summed E-state index contributed by atoms with van der Waals surface area (Å²) < 4.78 is 0. The van der Waals surface area contributed by atoms with Gasteiger partial charge in [0.05, 0.1) is 6.04 Å². The van der Waals surface area contributed by atoms with Crippen LogP contribution in [0.3, 0.4) is 0 Å². The van der Waals surface area contributed by atoms with Gasteiger partial charge >= 0.3 is 5.97 Å². The van der Waals surface area contributed by atoms with E-state index >= 15 is 0 Å². The van der Waals surface area contributed by atoms with Crippen LogP contribution < -0.4 is 16.4 Å². The zero-order chi connectivity index (χ0) is 20.0. The number of hydrogen-bond donors (Lipinski definition) is 4. The van der Waals surface area contributed by atoms with E-state index in [1.54, 1.807) is 6.92 Å². The lowest BCUT2D eigenvalue weighted by Crippen LogP contribution is -2.56. The maximum atomic E-state index is 12.6. The summed E-state index contributed by atoms with van der Waals surface area (Å²) in [5.74, 6) is -1.57. The van der Waals surface area contributed by atoms with Gasteiger partial charge in [-0.15, -0.1) is 0 Å². The van der Waals surface area contributed by atoms with Crippen molar-refractivity contribution in [2.45, 2.75) is 71.6 Å². The average molecular weight is 370 g/mol. The number of hydrogen-bond acceptors (Lipinski definition) is 5. The second-order valence-corrected chi connectivity index (χ2v) is 7.79. The molecule has 0 radical (unpaired) electrons. The number of nitrogens with two attached hydrogens (primary N) is 1. The van der Waals surface area contributed by atoms with Gasteiger partial charge in [0, 0.05) is 12.6 Å². The van der Waals surface area contributed by atoms with Gasteiger partial charge in [-0.1, -0.05) is 27.7 Å². The van der Waals surface area contributed by atoms with Gasteiger partial charge in [0.15, 0.2) is 0 Å². The molecule has 1 rings (SSSR count). The van der Waals surface area contributed by atoms with Gasteiger partial charge in [-0.3, -0.25) is 19.3 Å². The molecule has 0 bridgehead atoms. The van der Waals surface area contributed by atoms with Crippen LogP contribution in [0.25, 0.3) is 0 Å². The molecule has 26 heavy (non-hydrogen) atoms. The largest absolute Gasteiger partial charge is 0.480 e. The smallest absolute Gasteiger partial charge is 0.320 e. The van der Waals surface area contributed by atoms with Crippen molar-refractivity contribution in [2.24, 2.45) is 17.6 Å². The molecule has 1 heterocycles. The van der Waals surface area contributed by atoms with Gasteiger partial charge in [0.25, 0.3) is 0 Å². The predicted octanol–water partition coefficient (Wildman–Crippen LogP) is 0.164. The van der Waals surface area contributed by atoms with E-state index in [-0.39, 0.29) is 29.7 Å². The molecule has 2 amide bonds. The van der Waals surface area contributed by atoms with Crippen molar-refractivity contribution in [3.8, 4) is 0 Å². The Balaban J connectivity index is 2.65. The number of nitrogens with zero attached hydrogens (tertiary/aromatic N) is 1. The number of carboxylic acid groups (broad SMARTS) is 1. The van der Waals surface area contributed by atoms with E-state index in [4.69, 9.17) is 5.73 Å². The Labute approximate surface area is 155 Å². The first-order valence-electron chi connectivity index (χ1n) is 9.38. The number of rotatable bonds is 9. The van der Waals surface area contributed by atoms with Gasteiger partial charge in [0.1, 0.15) is 12.1 Å². The summed E-state index contributed by atoms with van der Waals surface area (Å²) in [6, 6.07) is -1.92. The first kappa shape index (κ1) is 22.4. The number of amides is 2. The monoisotopic (exact) mass is 370 g/mol. The molecule has 0 unspecified atom stereocenters. The lowest BCUT2D eigenvalue weighted by atomic mass is 10.00. The second kappa shape index (κ2) is 9.87. The molecule has 1 aliphatic heterocycles. The molecule has 0 spiro atoms. The molecule has 8 heteroatoms. The third-order valence-electron chi connectivity index (χ3n) is 5.06. The zero-order valence-electron chi connectivity index (χ0n) is 16.5. The van der Waals surface area contributed by atoms with Crippen molar-refractivity contribution >= 4 is 17.8 Å². The van der Waals surface area contributed by atoms with Crippen molar-refractivity contribution in [1.82, 2.24) is 15.5 Å². The van der Waals surface area contributed by atoms with Crippen LogP contribution in [0.5, 0.6) is 0 Å². The molecule has 1 saturated heterocycles. The van der Waals surface area contributed by atoms with E-state index in [0.717, 1.165) is 12.8 Å². The van der Waals surface area contributed by atoms with E-state index in [9.17, 15) is 19.5 Å². The molecule has 0 aromatic rings. The average Bonchev–Trinajstić information content (AvgIpc) is 3.03. The van der Waals surface area contributed by atoms with Gasteiger partial charge < -0.3 is 21.5 Å². The van der Waals surface area contributed by atoms with E-state index in [0.29, 0.717) is 13.1 Å². The first-order chi connectivity index (χ1) is 12.1. The molecule has 0 aromatic heterocycles. The van der Waals surface area contributed by atoms with Crippen LogP contribution in [0.1, 0.15) is 47.5 Å². The van der Waals surface area contributed by atoms with E-state index in [1.807, 2.05) is 32.6 Å². The molecule has 0 saturated carbocycles. The highest BCUT2D eigenvalue weighted by Gasteiger charge is 2.33. The van der Waals surface area contributed by atoms with Gasteiger partial charge in [-0.05, 0) is 38.1 Å². The summed E-state index contributed by atoms with van der Waals surface area (Å²) in [5.41, 5.74) is 5.86. The van der Waals surface area contributed by atoms with Crippen LogP contribution in [-0.2, 0) is 14.4 Å². The number of likely N-dealkylation sites (tertiary alicyclic amines) is 1. The van der Waals surface area contributed by atoms with Crippen molar-refractivity contribution in [3.63, 3.8) is 0 Å². The quantitative estimate of drug-likeness (QED) is 0.458. The molecule has 150 valence electrons. The topological polar surface area (TPSA) is 125 Å². The summed E-state index contributed by atoms with van der Waals surface area (Å²) in [4.78, 5) is 37.9. The Hall–Kier alpha value is -1.67. The number of carbonyl (C=O) groups excluding carboxylic acids is 2. The normalized spacial score (nSPS) is 21.5. The molecule has 8 nitrogen and oxygen atoms in total. The lowest BCUT2D eigenvalue weighted by Gasteiger charge is -2.29. The number of carbonyl (C=O) groups is 3. The fourth-order valence-corrected chi connectivity index (χ4v) is 3.14. The van der Waals surface area contributed by atoms with E-state index in [1.165, 1.54) is 0 Å². The molecule has 0 aromatic carbocycles. The zero-order valence-corrected chi connectivity index (χ0v) is 16.5. The van der Waals surface area contributed by atoms with Crippen molar-refractivity contribution in [2.75, 3.05) is 13.1 Å². The Kier molecular flexibility index (Phi) is 8.49. The van der Waals surface area contributed by atoms with Gasteiger partial charge in [0.2, 0.25) is 11.8 Å². The van der Waals surface area contributed by atoms with Crippen LogP contribution in [0.4, 0.5) is 0 Å². The molecule has 4 atom stereocenters. The Bertz CT molecular complexity index is 509. The van der Waals surface area contributed by atoms with Gasteiger partial charge in [-0.2, -0.15) is 0 Å². The number of nitrogens with one attached hydrogen (secondary N) is 2. The lowest BCUT2D eigenvalue weighted by molar-refractivity contribution is -0.143. The fraction of sp³-hybridized carbons (Fsp3) is 0.833. The summed E-state index contributed by atoms with van der Waals surface area (Å²) in [6.45, 7) is 10.2. The minimum atomic E-state index is -0.863. The Morgan fingerprint density at radius 3 is 2.23 bits per heavy atom. The van der Waals surface area contributed by atoms with Crippen LogP contribution in [0.2, 0.25) is 0 Å². The predicted molar refractivity (Wildman–Crippen MR) is 99.4 cm³/mol. The second-order valence-electron chi connectivity index (χ2n) is 7.79. The first-order valence-corrected chi connectivity index (χ1v) is 9.38. The summed E-state index contributed by atoms with van der Waals surface area (Å²) in [7, 11) is 0. The standard InChI is InChI=1S/C18H34N4O4/c1-10(2)14(19)16(23)21-15(11(3)4)17(24)20-9-13-7-6-8-22(13)12(5)18(25)26/h10-15H,6-9,19H2,1-5H3,(H,20,24)(H,21,23)(H,25,26)/t12-,13-,14-,15-/m0/s1. The SMILES string of the molecule is CC(C)[C@H](N)C(=O)N[C@H](C(=O)NC[C@@H]1CCCN1[C@@H](C)C(=O)O)C(C)C. The van der Waals surface area contributed by atoms with E-state index in [2.05, 4.69) is 10.6 Å². The molecular formula is C18H34N4O4. The molecule has 1 aliphatic rings. The number of aliphatic carboxylic acids is 1. The minimum Gasteiger partial charge on any atom is -0.480 e. The van der Waals surface area contributed by atoms with Crippen LogP contribution in [0.15, 0.2) is 0 Å². The maximum Gasteiger partial charge on any atom is 0.320 e. The van der Waals surface area contributed by atoms with Crippen molar-refractivity contribution in [3.05, 3.63) is 0 Å². The molecule has 0 aliphatic carbocycles. The Morgan fingerprint density at radius 1 is 1.12 bits per heavy atom. The summed E-state index contributed by atoms with van der Waals surface area (Å²) in [5, 5.41) is 14.8. The third-order valence-corrected chi connectivity index (χ3v) is 5.06. The maximum absolute atomic E-state index is 12.6. The molecular weight excluding hydrogens is 336 g/mol. The van der Waals surface area contributed by atoms with E-state index < -0.39 is 24.1 Å². The summed E-state index contributed by atoms with van der Waals surface area (Å²) in [6.07, 6.45) is 1.75. The van der Waals surface area contributed by atoms with Gasteiger partial charge in [-0.25, -0.2) is 0 Å². The van der Waals surface area contributed by atoms with Crippen LogP contribution >= 0.6 is 0 Å². The molecule has 5 N–H and O–H groups in total. The highest BCUT2D eigenvalue weighted by molar-refractivity contribution is 5.90. The fourth-order valence-electron chi connectivity index (χ4n) is 3.14. The third kappa shape index (κ3) is 5.95. The van der Waals surface area contributed by atoms with Crippen molar-refractivity contribution in [1.29, 1.82) is 0 Å². The highest BCUT2D eigenvalue weighted by Crippen LogP contribution is 2.19. The molecule has 1 fully saturated rings. The Morgan fingerprint density at radius 2 is 1.73 bits per heavy atom. The minimum absolute atomic E-state index is 0.00788.